The molecule has 0 bridgehead atoms. The van der Waals surface area contributed by atoms with E-state index in [0.29, 0.717) is 29.8 Å². The Morgan fingerprint density at radius 2 is 1.47 bits per heavy atom. The second-order valence-corrected chi connectivity index (χ2v) is 12.7. The Morgan fingerprint density at radius 3 is 2.06 bits per heavy atom. The number of hydrogen-bond donors (Lipinski definition) is 4. The summed E-state index contributed by atoms with van der Waals surface area (Å²) in [6.07, 6.45) is 0.429. The largest absolute Gasteiger partial charge is 0.860 e. The van der Waals surface area contributed by atoms with Crippen molar-refractivity contribution in [3.8, 4) is 29.0 Å². The predicted octanol–water partition coefficient (Wildman–Crippen LogP) is 2.61. The Kier molecular flexibility index (Phi) is 9.72. The molecule has 0 saturated carbocycles. The van der Waals surface area contributed by atoms with Gasteiger partial charge < -0.3 is 33.9 Å². The topological polar surface area (TPSA) is 151 Å². The lowest BCUT2D eigenvalue weighted by atomic mass is 9.82. The van der Waals surface area contributed by atoms with Gasteiger partial charge in [-0.25, -0.2) is 0 Å². The maximum atomic E-state index is 14.6. The first-order valence-corrected chi connectivity index (χ1v) is 16.4. The molecule has 3 heterocycles. The fraction of sp³-hybridized carbons (Fsp3) is 0.257. The van der Waals surface area contributed by atoms with Gasteiger partial charge in [-0.1, -0.05) is 60.7 Å². The minimum atomic E-state index is -1.47. The van der Waals surface area contributed by atoms with Crippen molar-refractivity contribution in [3.05, 3.63) is 130 Å². The summed E-state index contributed by atoms with van der Waals surface area (Å²) in [7, 11) is 5.40. The molecule has 1 unspecified atom stereocenters. The Bertz CT molecular complexity index is 2130. The van der Waals surface area contributed by atoms with Crippen LogP contribution in [-0.2, 0) is 19.5 Å². The number of benzene rings is 3. The molecule has 3 aromatic carbocycles. The maximum absolute atomic E-state index is 14.6. The molecule has 12 nitrogen and oxygen atoms in total. The lowest BCUT2D eigenvalue weighted by Crippen LogP contribution is -3.06. The monoisotopic (exact) mass is 701 g/mol. The Morgan fingerprint density at radius 1 is 0.898 bits per heavy atom. The number of aromatic nitrogens is 4. The number of H-pyrrole nitrogens is 2. The van der Waals surface area contributed by atoms with Gasteiger partial charge in [-0.2, -0.15) is 0 Å². The Labute approximate surface area is 291 Å². The molecule has 0 aliphatic carbocycles. The third-order valence-corrected chi connectivity index (χ3v) is 9.11. The van der Waals surface area contributed by atoms with Gasteiger partial charge in [0.05, 0.1) is 45.8 Å². The van der Waals surface area contributed by atoms with Gasteiger partial charge in [-0.05, 0) is 53.1 Å². The van der Waals surface area contributed by atoms with Crippen molar-refractivity contribution in [3.63, 3.8) is 0 Å². The summed E-state index contributed by atoms with van der Waals surface area (Å²) in [6, 6.07) is 20.2. The summed E-state index contributed by atoms with van der Waals surface area (Å²) < 4.78 is 20.0. The van der Waals surface area contributed by atoms with Gasteiger partial charge >= 0.3 is 0 Å². The lowest BCUT2D eigenvalue weighted by Gasteiger charge is -2.29. The van der Waals surface area contributed by atoms with Gasteiger partial charge in [-0.15, -0.1) is 0 Å². The average molecular weight is 702 g/mol. The Balaban J connectivity index is 1.71. The van der Waals surface area contributed by atoms with Crippen molar-refractivity contribution in [1.82, 2.24) is 19.1 Å². The van der Waals surface area contributed by atoms with Crippen LogP contribution in [-0.4, -0.2) is 58.8 Å². The SMILES string of the molecule is COc1c2c(cc(CC[NH+](C)C)c1C(c1c([O-])n(Cc3ccccc3)c(=S)[nH]c1=O)c1c(O)n(Cc3ccccc3)c(=S)[nH]c1=O)OCO2. The molecule has 0 fully saturated rings. The van der Waals surface area contributed by atoms with E-state index in [1.165, 1.54) is 16.2 Å². The zero-order valence-corrected chi connectivity index (χ0v) is 28.7. The number of nitrogens with zero attached hydrogens (tertiary/aromatic N) is 2. The van der Waals surface area contributed by atoms with Crippen LogP contribution in [0.25, 0.3) is 0 Å². The van der Waals surface area contributed by atoms with Crippen molar-refractivity contribution in [2.45, 2.75) is 25.4 Å². The summed E-state index contributed by atoms with van der Waals surface area (Å²) in [5.74, 6) is -1.89. The van der Waals surface area contributed by atoms with Gasteiger partial charge in [0.1, 0.15) is 0 Å². The van der Waals surface area contributed by atoms with Gasteiger partial charge in [0.15, 0.2) is 21.0 Å². The second-order valence-electron chi connectivity index (χ2n) is 12.0. The van der Waals surface area contributed by atoms with E-state index in [9.17, 15) is 19.8 Å². The van der Waals surface area contributed by atoms with E-state index in [1.54, 1.807) is 6.07 Å². The molecule has 1 atom stereocenters. The van der Waals surface area contributed by atoms with Crippen molar-refractivity contribution < 1.29 is 29.3 Å². The number of aromatic hydroxyl groups is 1. The van der Waals surface area contributed by atoms with Crippen LogP contribution in [0.2, 0.25) is 0 Å². The van der Waals surface area contributed by atoms with Crippen LogP contribution >= 0.6 is 24.4 Å². The van der Waals surface area contributed by atoms with Gasteiger partial charge in [0.25, 0.3) is 11.1 Å². The van der Waals surface area contributed by atoms with Crippen LogP contribution in [0.3, 0.4) is 0 Å². The first-order chi connectivity index (χ1) is 23.6. The van der Waals surface area contributed by atoms with E-state index < -0.39 is 28.8 Å². The molecule has 14 heteroatoms. The number of hydrogen-bond acceptors (Lipinski definition) is 9. The fourth-order valence-corrected chi connectivity index (χ4v) is 6.58. The number of ether oxygens (including phenoxy) is 3. The number of nitrogens with one attached hydrogen (secondary N) is 3. The first-order valence-electron chi connectivity index (χ1n) is 15.5. The third-order valence-electron chi connectivity index (χ3n) is 8.47. The lowest BCUT2D eigenvalue weighted by molar-refractivity contribution is -0.858. The smallest absolute Gasteiger partial charge is 0.259 e. The van der Waals surface area contributed by atoms with Crippen LogP contribution in [0.5, 0.6) is 29.0 Å². The maximum Gasteiger partial charge on any atom is 0.259 e. The second kappa shape index (κ2) is 14.1. The van der Waals surface area contributed by atoms with E-state index in [-0.39, 0.29) is 52.1 Å². The highest BCUT2D eigenvalue weighted by Crippen LogP contribution is 2.51. The molecular formula is C35H35N5O7S2. The highest BCUT2D eigenvalue weighted by molar-refractivity contribution is 7.71. The zero-order chi connectivity index (χ0) is 34.8. The number of methoxy groups -OCH3 is 1. The molecule has 6 rings (SSSR count). The molecule has 1 aliphatic rings. The molecule has 0 radical (unpaired) electrons. The predicted molar refractivity (Wildman–Crippen MR) is 185 cm³/mol. The highest BCUT2D eigenvalue weighted by Gasteiger charge is 2.37. The zero-order valence-electron chi connectivity index (χ0n) is 27.1. The quantitative estimate of drug-likeness (QED) is 0.153. The number of aromatic amines is 2. The van der Waals surface area contributed by atoms with Gasteiger partial charge in [-0.3, -0.25) is 24.1 Å². The number of likely N-dealkylation sites (N-methyl/N-ethyl adjacent to an activating group) is 1. The average Bonchev–Trinajstić information content (AvgIpc) is 3.55. The molecule has 0 spiro atoms. The Hall–Kier alpha value is -5.18. The van der Waals surface area contributed by atoms with Crippen molar-refractivity contribution in [2.75, 3.05) is 34.5 Å². The van der Waals surface area contributed by atoms with E-state index >= 15 is 0 Å². The molecule has 254 valence electrons. The van der Waals surface area contributed by atoms with Crippen LogP contribution in [0.4, 0.5) is 0 Å². The van der Waals surface area contributed by atoms with Crippen molar-refractivity contribution in [2.24, 2.45) is 0 Å². The minimum absolute atomic E-state index is 0.0424. The van der Waals surface area contributed by atoms with Crippen LogP contribution < -0.4 is 35.3 Å². The van der Waals surface area contributed by atoms with Crippen molar-refractivity contribution in [1.29, 1.82) is 0 Å². The molecule has 4 N–H and O–H groups in total. The molecule has 5 aromatic rings. The summed E-state index contributed by atoms with van der Waals surface area (Å²) in [4.78, 5) is 34.6. The van der Waals surface area contributed by atoms with E-state index in [1.807, 2.05) is 74.8 Å². The van der Waals surface area contributed by atoms with Crippen molar-refractivity contribution >= 4 is 24.4 Å². The highest BCUT2D eigenvalue weighted by atomic mass is 32.1. The normalized spacial score (nSPS) is 12.7. The minimum Gasteiger partial charge on any atom is -0.860 e. The summed E-state index contributed by atoms with van der Waals surface area (Å²) in [5.41, 5.74) is 0.257. The van der Waals surface area contributed by atoms with E-state index in [2.05, 4.69) is 9.97 Å². The van der Waals surface area contributed by atoms with Gasteiger partial charge in [0.2, 0.25) is 18.4 Å². The molecular weight excluding hydrogens is 667 g/mol. The number of quaternary nitrogens is 1. The van der Waals surface area contributed by atoms with Crippen LogP contribution in [0, 0.1) is 9.54 Å². The first kappa shape index (κ1) is 33.7. The van der Waals surface area contributed by atoms with Crippen LogP contribution in [0.15, 0.2) is 76.3 Å². The summed E-state index contributed by atoms with van der Waals surface area (Å²) >= 11 is 11.0. The molecule has 49 heavy (non-hydrogen) atoms. The molecule has 0 saturated heterocycles. The van der Waals surface area contributed by atoms with E-state index in [4.69, 9.17) is 38.6 Å². The fourth-order valence-electron chi connectivity index (χ4n) is 6.10. The molecule has 0 amide bonds. The standard InChI is InChI=1S/C35H35N5O7S2/c1-38(2)15-14-22-16-23-28(47-19-46-23)29(45-3)24(22)25(26-30(41)36-34(48)39(32(26)43)17-20-10-6-4-7-11-20)27-31(42)37-35(49)40(33(27)44)18-21-12-8-5-9-13-21/h4-13,16,25,43-44H,14-15,17-19H2,1-3H3,(H,36,41,48)(H,37,42,49). The number of rotatable bonds is 11. The van der Waals surface area contributed by atoms with Crippen LogP contribution in [0.1, 0.15) is 39.3 Å². The molecule has 2 aromatic heterocycles. The number of fused-ring (bicyclic) bond motifs is 1. The van der Waals surface area contributed by atoms with Gasteiger partial charge in [0, 0.05) is 24.1 Å². The third kappa shape index (κ3) is 6.62. The summed E-state index contributed by atoms with van der Waals surface area (Å²) in [5, 5.41) is 26.7. The molecule has 1 aliphatic heterocycles. The van der Waals surface area contributed by atoms with E-state index in [0.717, 1.165) is 16.0 Å². The summed E-state index contributed by atoms with van der Waals surface area (Å²) in [6.45, 7) is 0.687.